The predicted octanol–water partition coefficient (Wildman–Crippen LogP) is 1.44. The van der Waals surface area contributed by atoms with Crippen molar-refractivity contribution in [2.75, 3.05) is 20.6 Å². The van der Waals surface area contributed by atoms with E-state index in [9.17, 15) is 0 Å². The Morgan fingerprint density at radius 2 is 1.90 bits per heavy atom. The molecule has 1 aliphatic carbocycles. The molecule has 118 valence electrons. The molecule has 3 rings (SSSR count). The van der Waals surface area contributed by atoms with Crippen molar-refractivity contribution in [1.29, 1.82) is 0 Å². The van der Waals surface area contributed by atoms with Crippen molar-refractivity contribution in [3.8, 4) is 0 Å². The lowest BCUT2D eigenvalue weighted by atomic mass is 9.72. The zero-order valence-electron chi connectivity index (χ0n) is 12.9. The van der Waals surface area contributed by atoms with Gasteiger partial charge in [0.1, 0.15) is 0 Å². The molecule has 0 amide bonds. The fourth-order valence-corrected chi connectivity index (χ4v) is 4.32. The number of carbonyl (C=O) groups is 2. The van der Waals surface area contributed by atoms with Crippen LogP contribution in [0.15, 0.2) is 11.8 Å². The van der Waals surface area contributed by atoms with Gasteiger partial charge in [-0.15, -0.1) is 0 Å². The van der Waals surface area contributed by atoms with Gasteiger partial charge in [-0.2, -0.15) is 0 Å². The lowest BCUT2D eigenvalue weighted by Gasteiger charge is -2.33. The van der Waals surface area contributed by atoms with Crippen molar-refractivity contribution in [2.24, 2.45) is 11.3 Å². The van der Waals surface area contributed by atoms with Crippen molar-refractivity contribution in [3.05, 3.63) is 11.8 Å². The molecule has 0 saturated carbocycles. The summed E-state index contributed by atoms with van der Waals surface area (Å²) in [6.45, 7) is 3.78. The fourth-order valence-electron chi connectivity index (χ4n) is 4.32. The van der Waals surface area contributed by atoms with Gasteiger partial charge in [-0.25, -0.2) is 9.59 Å². The smallest absolute Gasteiger partial charge is 0.414 e. The molecule has 6 heteroatoms. The topological polar surface area (TPSA) is 81.1 Å². The minimum atomic E-state index is -1.82. The second kappa shape index (κ2) is 5.67. The highest BCUT2D eigenvalue weighted by Gasteiger charge is 2.56. The Morgan fingerprint density at radius 3 is 2.48 bits per heavy atom. The van der Waals surface area contributed by atoms with E-state index < -0.39 is 11.9 Å². The number of likely N-dealkylation sites (tertiary alicyclic amines) is 2. The van der Waals surface area contributed by atoms with Crippen LogP contribution in [0.3, 0.4) is 0 Å². The Hall–Kier alpha value is -1.56. The number of rotatable bonds is 0. The molecule has 2 N–H and O–H groups in total. The van der Waals surface area contributed by atoms with Gasteiger partial charge in [0.15, 0.2) is 0 Å². The summed E-state index contributed by atoms with van der Waals surface area (Å²) in [7, 11) is 4.58. The largest absolute Gasteiger partial charge is 0.473 e. The minimum Gasteiger partial charge on any atom is -0.473 e. The first-order chi connectivity index (χ1) is 9.79. The lowest BCUT2D eigenvalue weighted by Crippen LogP contribution is -2.41. The molecule has 3 atom stereocenters. The number of hydrogen-bond donors (Lipinski definition) is 2. The molecule has 0 aromatic rings. The average molecular weight is 296 g/mol. The third-order valence-corrected chi connectivity index (χ3v) is 5.17. The number of carboxylic acids is 2. The molecule has 2 fully saturated rings. The molecular weight excluding hydrogens is 272 g/mol. The molecule has 3 unspecified atom stereocenters. The molecule has 0 radical (unpaired) electrons. The second-order valence-corrected chi connectivity index (χ2v) is 6.44. The van der Waals surface area contributed by atoms with Gasteiger partial charge in [-0.3, -0.25) is 4.90 Å². The highest BCUT2D eigenvalue weighted by Crippen LogP contribution is 2.56. The molecule has 2 heterocycles. The van der Waals surface area contributed by atoms with E-state index in [1.54, 1.807) is 5.70 Å². The highest BCUT2D eigenvalue weighted by atomic mass is 16.4. The van der Waals surface area contributed by atoms with Crippen LogP contribution in [0.1, 0.15) is 32.6 Å². The molecule has 0 aromatic carbocycles. The van der Waals surface area contributed by atoms with E-state index in [1.165, 1.54) is 32.2 Å². The number of allylic oxidation sites excluding steroid dienone is 2. The van der Waals surface area contributed by atoms with E-state index in [-0.39, 0.29) is 0 Å². The van der Waals surface area contributed by atoms with E-state index in [0.717, 1.165) is 5.92 Å². The molecule has 3 aliphatic rings. The third kappa shape index (κ3) is 2.64. The summed E-state index contributed by atoms with van der Waals surface area (Å²) >= 11 is 0. The van der Waals surface area contributed by atoms with Gasteiger partial charge in [0.05, 0.1) is 6.17 Å². The number of nitrogens with zero attached hydrogens (tertiary/aromatic N) is 2. The minimum absolute atomic E-state index is 0.524. The maximum atomic E-state index is 9.10. The van der Waals surface area contributed by atoms with E-state index >= 15 is 0 Å². The molecule has 2 saturated heterocycles. The third-order valence-electron chi connectivity index (χ3n) is 5.17. The first-order valence-electron chi connectivity index (χ1n) is 7.38. The fraction of sp³-hybridized carbons (Fsp3) is 0.733. The molecule has 0 bridgehead atoms. The Labute approximate surface area is 125 Å². The molecule has 6 nitrogen and oxygen atoms in total. The lowest BCUT2D eigenvalue weighted by molar-refractivity contribution is -0.159. The molecule has 21 heavy (non-hydrogen) atoms. The van der Waals surface area contributed by atoms with Crippen LogP contribution in [-0.2, 0) is 9.59 Å². The van der Waals surface area contributed by atoms with Crippen LogP contribution in [-0.4, -0.2) is 58.8 Å². The van der Waals surface area contributed by atoms with Gasteiger partial charge in [-0.05, 0) is 32.7 Å². The van der Waals surface area contributed by atoms with E-state index in [4.69, 9.17) is 19.8 Å². The van der Waals surface area contributed by atoms with E-state index in [1.807, 2.05) is 0 Å². The van der Waals surface area contributed by atoms with Gasteiger partial charge < -0.3 is 15.1 Å². The Kier molecular flexibility index (Phi) is 4.27. The quantitative estimate of drug-likeness (QED) is 0.658. The summed E-state index contributed by atoms with van der Waals surface area (Å²) in [5.41, 5.74) is 2.16. The van der Waals surface area contributed by atoms with Crippen molar-refractivity contribution < 1.29 is 19.8 Å². The van der Waals surface area contributed by atoms with Gasteiger partial charge in [0, 0.05) is 30.6 Å². The van der Waals surface area contributed by atoms with E-state index in [2.05, 4.69) is 36.9 Å². The Morgan fingerprint density at radius 1 is 1.29 bits per heavy atom. The summed E-state index contributed by atoms with van der Waals surface area (Å²) in [6.07, 6.45) is 8.63. The Bertz CT molecular complexity index is 464. The second-order valence-electron chi connectivity index (χ2n) is 6.44. The maximum absolute atomic E-state index is 9.10. The summed E-state index contributed by atoms with van der Waals surface area (Å²) in [5, 5.41) is 14.8. The number of carboxylic acid groups (broad SMARTS) is 2. The van der Waals surface area contributed by atoms with Crippen LogP contribution in [0.5, 0.6) is 0 Å². The first kappa shape index (κ1) is 15.8. The zero-order chi connectivity index (χ0) is 15.8. The normalized spacial score (nSPS) is 34.4. The Balaban J connectivity index is 0.000000232. The zero-order valence-corrected chi connectivity index (χ0v) is 12.9. The molecule has 2 aliphatic heterocycles. The van der Waals surface area contributed by atoms with Gasteiger partial charge in [-0.1, -0.05) is 13.0 Å². The summed E-state index contributed by atoms with van der Waals surface area (Å²) in [6, 6.07) is 0. The first-order valence-corrected chi connectivity index (χ1v) is 7.38. The number of fused-ring (bicyclic) bond motifs is 3. The molecule has 0 aromatic heterocycles. The van der Waals surface area contributed by atoms with Crippen LogP contribution < -0.4 is 0 Å². The summed E-state index contributed by atoms with van der Waals surface area (Å²) in [4.78, 5) is 23.3. The van der Waals surface area contributed by atoms with Crippen molar-refractivity contribution >= 4 is 11.9 Å². The van der Waals surface area contributed by atoms with Crippen molar-refractivity contribution in [2.45, 2.75) is 38.8 Å². The summed E-state index contributed by atoms with van der Waals surface area (Å²) in [5.74, 6) is -2.81. The number of aliphatic carboxylic acids is 2. The average Bonchev–Trinajstić information content (AvgIpc) is 2.86. The van der Waals surface area contributed by atoms with Gasteiger partial charge >= 0.3 is 11.9 Å². The molecular formula is C15H24N2O4. The van der Waals surface area contributed by atoms with Crippen LogP contribution in [0.4, 0.5) is 0 Å². The van der Waals surface area contributed by atoms with Crippen LogP contribution in [0, 0.1) is 11.3 Å². The maximum Gasteiger partial charge on any atom is 0.414 e. The number of hydrogen-bond acceptors (Lipinski definition) is 4. The van der Waals surface area contributed by atoms with E-state index in [0.29, 0.717) is 11.6 Å². The standard InChI is InChI=1S/C13H22N2.C2H2O4/c1-13-8-9-14(2)12(13)15(3)11-7-5-4-6-10(11)13;3-1(4)2(5)6/h7,10,12H,4-6,8-9H2,1-3H3;(H,3,4)(H,5,6). The van der Waals surface area contributed by atoms with Crippen LogP contribution in [0.25, 0.3) is 0 Å². The van der Waals surface area contributed by atoms with Gasteiger partial charge in [0.25, 0.3) is 0 Å². The predicted molar refractivity (Wildman–Crippen MR) is 77.6 cm³/mol. The van der Waals surface area contributed by atoms with Crippen molar-refractivity contribution in [3.63, 3.8) is 0 Å². The molecule has 0 spiro atoms. The van der Waals surface area contributed by atoms with Gasteiger partial charge in [0.2, 0.25) is 0 Å². The van der Waals surface area contributed by atoms with Crippen LogP contribution >= 0.6 is 0 Å². The van der Waals surface area contributed by atoms with Crippen molar-refractivity contribution in [1.82, 2.24) is 9.80 Å². The van der Waals surface area contributed by atoms with Crippen LogP contribution in [0.2, 0.25) is 0 Å². The SMILES string of the molecule is CN1CCC2(C)C3CCCC=C3N(C)C12.O=C(O)C(=O)O. The highest BCUT2D eigenvalue weighted by molar-refractivity contribution is 6.27. The summed E-state index contributed by atoms with van der Waals surface area (Å²) < 4.78 is 0. The monoisotopic (exact) mass is 296 g/mol.